The van der Waals surface area contributed by atoms with Gasteiger partial charge in [0.1, 0.15) is 12.0 Å². The lowest BCUT2D eigenvalue weighted by molar-refractivity contribution is -0.777. The summed E-state index contributed by atoms with van der Waals surface area (Å²) in [6, 6.07) is 0. The number of nitrogens with one attached hydrogen (secondary N) is 2. The van der Waals surface area contributed by atoms with E-state index in [0.717, 1.165) is 0 Å². The van der Waals surface area contributed by atoms with Crippen molar-refractivity contribution in [1.82, 2.24) is 10.6 Å². The van der Waals surface area contributed by atoms with Gasteiger partial charge >= 0.3 is 34.9 Å². The first-order valence-electron chi connectivity index (χ1n) is 6.35. The van der Waals surface area contributed by atoms with Crippen molar-refractivity contribution in [3.8, 4) is 0 Å². The van der Waals surface area contributed by atoms with E-state index in [9.17, 15) is 62.9 Å². The van der Waals surface area contributed by atoms with E-state index in [2.05, 4.69) is 18.8 Å². The fourth-order valence-electron chi connectivity index (χ4n) is 1.00. The Kier molecular flexibility index (Phi) is 9.33. The molecule has 12 nitrogen and oxygen atoms in total. The van der Waals surface area contributed by atoms with E-state index in [-0.39, 0.29) is 0 Å². The molecule has 2 N–H and O–H groups in total. The predicted molar refractivity (Wildman–Crippen MR) is 68.2 cm³/mol. The Hall–Kier alpha value is -1.88. The Bertz CT molecular complexity index is 721. The number of rotatable bonds is 11. The van der Waals surface area contributed by atoms with Crippen LogP contribution in [0.4, 0.5) is 44.7 Å². The fraction of sp³-hybridized carbons (Fsp3) is 0.750. The number of ether oxygens (including phenoxy) is 2. The van der Waals surface area contributed by atoms with Crippen LogP contribution in [-0.4, -0.2) is 61.0 Å². The van der Waals surface area contributed by atoms with Gasteiger partial charge < -0.3 is 29.9 Å². The SMILES string of the molecule is O=C(NCCNC(=O)OC(F)(F)C(F)(F)S(=O)(=O)[O-])OC(F)(F)C(F)(F)SOO[O-]. The lowest BCUT2D eigenvalue weighted by Crippen LogP contribution is -2.51. The standard InChI is InChI=1S/C8H8F8N2O10S2/c9-5(10,7(13,14)29-28-27-21)25-3(19)17-1-2-18-4(20)26-6(11,12)8(15,16)30(22,23)24/h21H,1-2H2,(H,17,19)(H,18,20)(H,22,23,24)/p-2. The summed E-state index contributed by atoms with van der Waals surface area (Å²) in [7, 11) is -6.96. The number of alkyl halides is 8. The zero-order valence-electron chi connectivity index (χ0n) is 13.3. The first-order chi connectivity index (χ1) is 13.3. The van der Waals surface area contributed by atoms with Gasteiger partial charge in [-0.25, -0.2) is 18.0 Å². The maximum Gasteiger partial charge on any atom is 0.482 e. The third kappa shape index (κ3) is 7.42. The summed E-state index contributed by atoms with van der Waals surface area (Å²) >= 11 is -1.53. The van der Waals surface area contributed by atoms with E-state index >= 15 is 0 Å². The Morgan fingerprint density at radius 2 is 1.27 bits per heavy atom. The van der Waals surface area contributed by atoms with Crippen LogP contribution in [0.1, 0.15) is 0 Å². The zero-order chi connectivity index (χ0) is 24.0. The molecular formula is C8H6F8N2O10S2-2. The number of hydrogen-bond donors (Lipinski definition) is 2. The molecule has 22 heteroatoms. The molecule has 0 fully saturated rings. The van der Waals surface area contributed by atoms with Crippen LogP contribution in [0.5, 0.6) is 0 Å². The van der Waals surface area contributed by atoms with Crippen LogP contribution in [0, 0.1) is 0 Å². The minimum absolute atomic E-state index is 1.04. The van der Waals surface area contributed by atoms with Crippen molar-refractivity contribution in [3.05, 3.63) is 0 Å². The first-order valence-corrected chi connectivity index (χ1v) is 8.50. The van der Waals surface area contributed by atoms with E-state index in [0.29, 0.717) is 0 Å². The molecule has 0 aromatic carbocycles. The minimum Gasteiger partial charge on any atom is -0.743 e. The Morgan fingerprint density at radius 1 is 0.867 bits per heavy atom. The smallest absolute Gasteiger partial charge is 0.482 e. The summed E-state index contributed by atoms with van der Waals surface area (Å²) in [5.41, 5.74) is 0. The van der Waals surface area contributed by atoms with Crippen LogP contribution in [0.2, 0.25) is 0 Å². The van der Waals surface area contributed by atoms with Crippen molar-refractivity contribution in [3.63, 3.8) is 0 Å². The Balaban J connectivity index is 4.56. The average Bonchev–Trinajstić information content (AvgIpc) is 2.54. The summed E-state index contributed by atoms with van der Waals surface area (Å²) in [4.78, 5) is 21.8. The highest BCUT2D eigenvalue weighted by atomic mass is 32.2. The number of hydrogen-bond acceptors (Lipinski definition) is 11. The van der Waals surface area contributed by atoms with E-state index in [1.54, 1.807) is 0 Å². The molecule has 0 aliphatic heterocycles. The van der Waals surface area contributed by atoms with Gasteiger partial charge in [0.15, 0.2) is 10.1 Å². The molecule has 2 amide bonds. The second kappa shape index (κ2) is 9.95. The number of carbonyl (C=O) groups is 2. The lowest BCUT2D eigenvalue weighted by atomic mass is 10.6. The molecule has 0 aliphatic rings. The van der Waals surface area contributed by atoms with Gasteiger partial charge in [-0.05, 0) is 0 Å². The van der Waals surface area contributed by atoms with Gasteiger partial charge in [-0.1, -0.05) is 0 Å². The van der Waals surface area contributed by atoms with Crippen LogP contribution < -0.4 is 15.9 Å². The molecule has 0 atom stereocenters. The van der Waals surface area contributed by atoms with Crippen molar-refractivity contribution < 1.29 is 81.8 Å². The Morgan fingerprint density at radius 3 is 1.63 bits per heavy atom. The van der Waals surface area contributed by atoms with E-state index in [4.69, 9.17) is 0 Å². The Labute approximate surface area is 163 Å². The summed E-state index contributed by atoms with van der Waals surface area (Å²) in [6.45, 7) is -2.10. The minimum atomic E-state index is -6.96. The molecule has 0 rings (SSSR count). The summed E-state index contributed by atoms with van der Waals surface area (Å²) in [5, 5.41) is 2.50. The van der Waals surface area contributed by atoms with Crippen molar-refractivity contribution >= 4 is 34.3 Å². The predicted octanol–water partition coefficient (Wildman–Crippen LogP) is 0.227. The normalized spacial score (nSPS) is 13.5. The molecule has 0 heterocycles. The highest BCUT2D eigenvalue weighted by molar-refractivity contribution is 7.95. The van der Waals surface area contributed by atoms with E-state index < -0.39 is 70.2 Å². The van der Waals surface area contributed by atoms with Gasteiger partial charge in [0.25, 0.3) is 0 Å². The van der Waals surface area contributed by atoms with Gasteiger partial charge in [0.2, 0.25) is 0 Å². The maximum atomic E-state index is 13.0. The molecule has 178 valence electrons. The largest absolute Gasteiger partial charge is 0.743 e. The topological polar surface area (TPSA) is 175 Å². The monoisotopic (exact) mass is 506 g/mol. The number of carbonyl (C=O) groups excluding carboxylic acids is 2. The highest BCUT2D eigenvalue weighted by Crippen LogP contribution is 2.44. The molecule has 0 saturated carbocycles. The maximum absolute atomic E-state index is 13.0. The fourth-order valence-corrected chi connectivity index (χ4v) is 1.59. The lowest BCUT2D eigenvalue weighted by Gasteiger charge is -2.27. The molecule has 0 spiro atoms. The molecule has 0 radical (unpaired) electrons. The summed E-state index contributed by atoms with van der Waals surface area (Å²) in [6.07, 6.45) is -16.4. The molecule has 0 bridgehead atoms. The third-order valence-corrected chi connectivity index (χ3v) is 3.70. The molecule has 0 aromatic rings. The van der Waals surface area contributed by atoms with Gasteiger partial charge in [-0.15, -0.1) is 0 Å². The summed E-state index contributed by atoms with van der Waals surface area (Å²) < 4.78 is 142. The van der Waals surface area contributed by atoms with E-state index in [1.807, 2.05) is 0 Å². The first kappa shape index (κ1) is 28.1. The van der Waals surface area contributed by atoms with E-state index in [1.165, 1.54) is 10.6 Å². The number of amides is 2. The second-order valence-corrected chi connectivity index (χ2v) is 6.61. The molecular weight excluding hydrogens is 500 g/mol. The quantitative estimate of drug-likeness (QED) is 0.0980. The highest BCUT2D eigenvalue weighted by Gasteiger charge is 2.66. The van der Waals surface area contributed by atoms with Crippen molar-refractivity contribution in [2.75, 3.05) is 13.1 Å². The van der Waals surface area contributed by atoms with Crippen molar-refractivity contribution in [2.24, 2.45) is 0 Å². The molecule has 0 aliphatic carbocycles. The molecule has 0 aromatic heterocycles. The molecule has 30 heavy (non-hydrogen) atoms. The van der Waals surface area contributed by atoms with Crippen LogP contribution in [0.3, 0.4) is 0 Å². The molecule has 0 saturated heterocycles. The number of halogens is 8. The average molecular weight is 506 g/mol. The van der Waals surface area contributed by atoms with Gasteiger partial charge in [-0.3, -0.25) is 5.04 Å². The number of alkyl carbamates (subject to hydrolysis) is 2. The van der Waals surface area contributed by atoms with Crippen LogP contribution >= 0.6 is 12.0 Å². The van der Waals surface area contributed by atoms with Crippen LogP contribution in [-0.2, 0) is 29.0 Å². The van der Waals surface area contributed by atoms with Gasteiger partial charge in [0, 0.05) is 13.1 Å². The van der Waals surface area contributed by atoms with Gasteiger partial charge in [0.05, 0.1) is 0 Å². The zero-order valence-corrected chi connectivity index (χ0v) is 15.0. The second-order valence-electron chi connectivity index (χ2n) is 4.37. The third-order valence-electron chi connectivity index (χ3n) is 2.26. The molecule has 0 unspecified atom stereocenters. The van der Waals surface area contributed by atoms with Crippen molar-refractivity contribution in [1.29, 1.82) is 0 Å². The van der Waals surface area contributed by atoms with Crippen LogP contribution in [0.15, 0.2) is 0 Å². The summed E-state index contributed by atoms with van der Waals surface area (Å²) in [5.74, 6) is 0. The van der Waals surface area contributed by atoms with Crippen molar-refractivity contribution in [2.45, 2.75) is 22.7 Å². The van der Waals surface area contributed by atoms with Gasteiger partial charge in [-0.2, -0.15) is 39.5 Å². The van der Waals surface area contributed by atoms with Crippen LogP contribution in [0.25, 0.3) is 0 Å².